The summed E-state index contributed by atoms with van der Waals surface area (Å²) in [6.07, 6.45) is 0.209. The number of amides is 2. The first-order chi connectivity index (χ1) is 8.38. The predicted molar refractivity (Wildman–Crippen MR) is 72.5 cm³/mol. The van der Waals surface area contributed by atoms with E-state index in [1.54, 1.807) is 13.8 Å². The van der Waals surface area contributed by atoms with Crippen LogP contribution >= 0.6 is 11.6 Å². The monoisotopic (exact) mass is 267 g/mol. The van der Waals surface area contributed by atoms with Crippen molar-refractivity contribution in [3.05, 3.63) is 35.9 Å². The van der Waals surface area contributed by atoms with Crippen LogP contribution in [0.25, 0.3) is 0 Å². The number of imide groups is 1. The molecule has 0 bridgehead atoms. The zero-order valence-corrected chi connectivity index (χ0v) is 11.7. The molecule has 0 fully saturated rings. The van der Waals surface area contributed by atoms with Crippen LogP contribution in [0.2, 0.25) is 0 Å². The third-order valence-electron chi connectivity index (χ3n) is 2.69. The molecule has 1 aromatic rings. The molecule has 0 N–H and O–H groups in total. The van der Waals surface area contributed by atoms with Gasteiger partial charge in [-0.15, -0.1) is 11.6 Å². The SMILES string of the molecule is CC(=O)N(C(=O)Cc1ccccc1)C(C)(C)CCl. The van der Waals surface area contributed by atoms with Crippen molar-refractivity contribution < 1.29 is 9.59 Å². The summed E-state index contributed by atoms with van der Waals surface area (Å²) < 4.78 is 0. The Balaban J connectivity index is 2.89. The Kier molecular flexibility index (Phi) is 4.91. The normalized spacial score (nSPS) is 11.1. The number of benzene rings is 1. The van der Waals surface area contributed by atoms with Crippen molar-refractivity contribution in [3.63, 3.8) is 0 Å². The average Bonchev–Trinajstić information content (AvgIpc) is 2.29. The van der Waals surface area contributed by atoms with Crippen molar-refractivity contribution >= 4 is 23.4 Å². The minimum absolute atomic E-state index is 0.209. The highest BCUT2D eigenvalue weighted by molar-refractivity contribution is 6.19. The molecule has 2 amide bonds. The number of carbonyl (C=O) groups excluding carboxylic acids is 2. The lowest BCUT2D eigenvalue weighted by molar-refractivity contribution is -0.148. The van der Waals surface area contributed by atoms with Crippen LogP contribution in [0.3, 0.4) is 0 Å². The Morgan fingerprint density at radius 3 is 2.22 bits per heavy atom. The van der Waals surface area contributed by atoms with Crippen LogP contribution in [0.5, 0.6) is 0 Å². The maximum Gasteiger partial charge on any atom is 0.234 e. The van der Waals surface area contributed by atoms with E-state index in [-0.39, 0.29) is 24.1 Å². The van der Waals surface area contributed by atoms with Crippen molar-refractivity contribution in [2.75, 3.05) is 5.88 Å². The first-order valence-corrected chi connectivity index (χ1v) is 6.35. The van der Waals surface area contributed by atoms with Crippen LogP contribution < -0.4 is 0 Å². The van der Waals surface area contributed by atoms with E-state index in [9.17, 15) is 9.59 Å². The second-order valence-corrected chi connectivity index (χ2v) is 5.12. The first-order valence-electron chi connectivity index (χ1n) is 5.82. The van der Waals surface area contributed by atoms with Crippen LogP contribution in [-0.2, 0) is 16.0 Å². The number of halogens is 1. The number of rotatable bonds is 4. The van der Waals surface area contributed by atoms with E-state index in [0.29, 0.717) is 0 Å². The smallest absolute Gasteiger partial charge is 0.234 e. The fourth-order valence-electron chi connectivity index (χ4n) is 1.85. The van der Waals surface area contributed by atoms with Crippen LogP contribution in [0.1, 0.15) is 26.3 Å². The summed E-state index contributed by atoms with van der Waals surface area (Å²) in [5, 5.41) is 0. The number of hydrogen-bond acceptors (Lipinski definition) is 2. The molecule has 0 aliphatic carbocycles. The lowest BCUT2D eigenvalue weighted by Gasteiger charge is -2.34. The van der Waals surface area contributed by atoms with E-state index in [1.165, 1.54) is 11.8 Å². The van der Waals surface area contributed by atoms with Crippen LogP contribution in [0.4, 0.5) is 0 Å². The Morgan fingerprint density at radius 1 is 1.22 bits per heavy atom. The number of carbonyl (C=O) groups is 2. The Hall–Kier alpha value is -1.35. The molecule has 0 saturated carbocycles. The zero-order chi connectivity index (χ0) is 13.8. The van der Waals surface area contributed by atoms with Gasteiger partial charge < -0.3 is 0 Å². The number of nitrogens with zero attached hydrogens (tertiary/aromatic N) is 1. The number of hydrogen-bond donors (Lipinski definition) is 0. The molecule has 18 heavy (non-hydrogen) atoms. The third kappa shape index (κ3) is 3.57. The Labute approximate surface area is 113 Å². The minimum Gasteiger partial charge on any atom is -0.276 e. The summed E-state index contributed by atoms with van der Waals surface area (Å²) >= 11 is 5.83. The lowest BCUT2D eigenvalue weighted by atomic mass is 10.0. The van der Waals surface area contributed by atoms with Gasteiger partial charge in [0.2, 0.25) is 11.8 Å². The molecule has 0 radical (unpaired) electrons. The molecule has 0 unspecified atom stereocenters. The van der Waals surface area contributed by atoms with Crippen LogP contribution in [0.15, 0.2) is 30.3 Å². The Morgan fingerprint density at radius 2 is 1.78 bits per heavy atom. The molecule has 0 saturated heterocycles. The molecule has 0 atom stereocenters. The van der Waals surface area contributed by atoms with Gasteiger partial charge in [-0.3, -0.25) is 14.5 Å². The summed E-state index contributed by atoms with van der Waals surface area (Å²) in [4.78, 5) is 25.1. The molecule has 3 nitrogen and oxygen atoms in total. The molecule has 0 aliphatic heterocycles. The molecule has 0 aliphatic rings. The molecular weight excluding hydrogens is 250 g/mol. The summed E-state index contributed by atoms with van der Waals surface area (Å²) in [5.41, 5.74) is 0.221. The molecule has 0 spiro atoms. The summed E-state index contributed by atoms with van der Waals surface area (Å²) in [6.45, 7) is 4.95. The summed E-state index contributed by atoms with van der Waals surface area (Å²) in [7, 11) is 0. The van der Waals surface area contributed by atoms with Crippen molar-refractivity contribution in [2.45, 2.75) is 32.7 Å². The van der Waals surface area contributed by atoms with Crippen molar-refractivity contribution in [1.82, 2.24) is 4.90 Å². The van der Waals surface area contributed by atoms with Crippen molar-refractivity contribution in [2.24, 2.45) is 0 Å². The summed E-state index contributed by atoms with van der Waals surface area (Å²) in [6, 6.07) is 9.36. The second-order valence-electron chi connectivity index (χ2n) is 4.86. The van der Waals surface area contributed by atoms with Crippen LogP contribution in [0, 0.1) is 0 Å². The standard InChI is InChI=1S/C14H18ClNO2/c1-11(17)16(14(2,3)10-15)13(18)9-12-7-5-4-6-8-12/h4-8H,9-10H2,1-3H3. The highest BCUT2D eigenvalue weighted by Crippen LogP contribution is 2.18. The van der Waals surface area contributed by atoms with Crippen molar-refractivity contribution in [3.8, 4) is 0 Å². The highest BCUT2D eigenvalue weighted by Gasteiger charge is 2.33. The first kappa shape index (κ1) is 14.7. The van der Waals surface area contributed by atoms with E-state index < -0.39 is 5.54 Å². The average molecular weight is 268 g/mol. The van der Waals surface area contributed by atoms with E-state index >= 15 is 0 Å². The van der Waals surface area contributed by atoms with Gasteiger partial charge in [0.1, 0.15) is 0 Å². The fourth-order valence-corrected chi connectivity index (χ4v) is 1.97. The molecule has 4 heteroatoms. The largest absolute Gasteiger partial charge is 0.276 e. The molecule has 0 aromatic heterocycles. The topological polar surface area (TPSA) is 37.4 Å². The van der Waals surface area contributed by atoms with Gasteiger partial charge in [-0.25, -0.2) is 0 Å². The minimum atomic E-state index is -0.667. The lowest BCUT2D eigenvalue weighted by Crippen LogP contribution is -2.52. The highest BCUT2D eigenvalue weighted by atomic mass is 35.5. The van der Waals surface area contributed by atoms with Gasteiger partial charge in [0.25, 0.3) is 0 Å². The second kappa shape index (κ2) is 6.01. The van der Waals surface area contributed by atoms with E-state index in [0.717, 1.165) is 5.56 Å². The molecule has 1 rings (SSSR count). The third-order valence-corrected chi connectivity index (χ3v) is 3.35. The summed E-state index contributed by atoms with van der Waals surface area (Å²) in [5.74, 6) is -0.284. The van der Waals surface area contributed by atoms with Gasteiger partial charge in [0.15, 0.2) is 0 Å². The van der Waals surface area contributed by atoms with Crippen LogP contribution in [-0.4, -0.2) is 28.1 Å². The maximum absolute atomic E-state index is 12.2. The van der Waals surface area contributed by atoms with E-state index in [1.807, 2.05) is 30.3 Å². The quantitative estimate of drug-likeness (QED) is 0.787. The van der Waals surface area contributed by atoms with Crippen molar-refractivity contribution in [1.29, 1.82) is 0 Å². The maximum atomic E-state index is 12.2. The van der Waals surface area contributed by atoms with Gasteiger partial charge in [0.05, 0.1) is 12.0 Å². The fraction of sp³-hybridized carbons (Fsp3) is 0.429. The predicted octanol–water partition coefficient (Wildman–Crippen LogP) is 2.62. The number of alkyl halides is 1. The molecular formula is C14H18ClNO2. The Bertz CT molecular complexity index is 429. The van der Waals surface area contributed by atoms with Gasteiger partial charge >= 0.3 is 0 Å². The van der Waals surface area contributed by atoms with Gasteiger partial charge in [0, 0.05) is 12.8 Å². The molecule has 98 valence electrons. The zero-order valence-electron chi connectivity index (χ0n) is 10.9. The molecule has 1 aromatic carbocycles. The van der Waals surface area contributed by atoms with Gasteiger partial charge in [-0.1, -0.05) is 30.3 Å². The van der Waals surface area contributed by atoms with Gasteiger partial charge in [-0.2, -0.15) is 0 Å². The van der Waals surface area contributed by atoms with E-state index in [2.05, 4.69) is 0 Å². The van der Waals surface area contributed by atoms with Gasteiger partial charge in [-0.05, 0) is 19.4 Å². The van der Waals surface area contributed by atoms with E-state index in [4.69, 9.17) is 11.6 Å². The molecule has 0 heterocycles.